The number of rotatable bonds is 4. The predicted octanol–water partition coefficient (Wildman–Crippen LogP) is 3.06. The first-order valence-electron chi connectivity index (χ1n) is 5.18. The van der Waals surface area contributed by atoms with Crippen LogP contribution in [0.3, 0.4) is 0 Å². The number of ether oxygens (including phenoxy) is 1. The molecule has 1 aromatic heterocycles. The lowest BCUT2D eigenvalue weighted by Crippen LogP contribution is -2.24. The maximum atomic E-state index is 11.5. The van der Waals surface area contributed by atoms with Crippen LogP contribution in [0, 0.1) is 0 Å². The molecule has 0 fully saturated rings. The average Bonchev–Trinajstić information content (AvgIpc) is 2.18. The van der Waals surface area contributed by atoms with E-state index in [1.165, 1.54) is 18.1 Å². The van der Waals surface area contributed by atoms with Crippen molar-refractivity contribution in [3.8, 4) is 0 Å². The number of nitrogens with zero attached hydrogens (tertiary/aromatic N) is 2. The summed E-state index contributed by atoms with van der Waals surface area (Å²) in [4.78, 5) is 19.4. The summed E-state index contributed by atoms with van der Waals surface area (Å²) < 4.78 is 6.05. The molecule has 1 heterocycles. The van der Waals surface area contributed by atoms with E-state index in [1.807, 2.05) is 20.8 Å². The minimum Gasteiger partial charge on any atom is -0.460 e. The highest BCUT2D eigenvalue weighted by Gasteiger charge is 2.16. The summed E-state index contributed by atoms with van der Waals surface area (Å²) >= 11 is 4.85. The number of hydrogen-bond acceptors (Lipinski definition) is 5. The van der Waals surface area contributed by atoms with Crippen LogP contribution in [0.5, 0.6) is 0 Å². The Bertz CT molecular complexity index is 393. The van der Waals surface area contributed by atoms with Gasteiger partial charge in [-0.1, -0.05) is 0 Å². The molecule has 0 amide bonds. The lowest BCUT2D eigenvalue weighted by molar-refractivity contribution is -0.154. The van der Waals surface area contributed by atoms with Gasteiger partial charge in [0.05, 0.1) is 10.9 Å². The first-order chi connectivity index (χ1) is 7.88. The highest BCUT2D eigenvalue weighted by Crippen LogP contribution is 2.24. The number of carbonyl (C=O) groups is 1. The number of aromatic nitrogens is 2. The van der Waals surface area contributed by atoms with Crippen molar-refractivity contribution in [1.29, 1.82) is 0 Å². The van der Waals surface area contributed by atoms with E-state index in [-0.39, 0.29) is 5.97 Å². The Morgan fingerprint density at radius 2 is 2.24 bits per heavy atom. The van der Waals surface area contributed by atoms with Gasteiger partial charge in [-0.2, -0.15) is 0 Å². The van der Waals surface area contributed by atoms with Crippen molar-refractivity contribution >= 4 is 33.7 Å². The van der Waals surface area contributed by atoms with Gasteiger partial charge in [0.1, 0.15) is 17.0 Å². The summed E-state index contributed by atoms with van der Waals surface area (Å²) in [5.74, 6) is 0.458. The molecule has 1 aromatic rings. The minimum absolute atomic E-state index is 0.185. The summed E-state index contributed by atoms with van der Waals surface area (Å²) in [6.07, 6.45) is 3.54. The Hall–Kier alpha value is -0.620. The molecule has 0 unspecified atom stereocenters. The second-order valence-electron chi connectivity index (χ2n) is 4.36. The Morgan fingerprint density at radius 3 is 2.82 bits per heavy atom. The second-order valence-corrected chi connectivity index (χ2v) is 6.30. The van der Waals surface area contributed by atoms with Gasteiger partial charge in [0.2, 0.25) is 0 Å². The maximum absolute atomic E-state index is 11.5. The molecule has 1 rings (SSSR count). The van der Waals surface area contributed by atoms with Crippen LogP contribution >= 0.6 is 27.7 Å². The van der Waals surface area contributed by atoms with Gasteiger partial charge in [-0.25, -0.2) is 9.97 Å². The van der Waals surface area contributed by atoms with Crippen LogP contribution in [-0.4, -0.2) is 27.3 Å². The second kappa shape index (κ2) is 6.35. The van der Waals surface area contributed by atoms with Crippen LogP contribution in [-0.2, 0) is 9.53 Å². The molecule has 0 aliphatic rings. The van der Waals surface area contributed by atoms with Crippen LogP contribution in [0.25, 0.3) is 0 Å². The van der Waals surface area contributed by atoms with Crippen LogP contribution in [0.1, 0.15) is 27.2 Å². The molecule has 4 nitrogen and oxygen atoms in total. The van der Waals surface area contributed by atoms with Gasteiger partial charge in [-0.15, -0.1) is 11.8 Å². The maximum Gasteiger partial charge on any atom is 0.307 e. The Balaban J connectivity index is 2.34. The van der Waals surface area contributed by atoms with Gasteiger partial charge in [-0.3, -0.25) is 4.79 Å². The highest BCUT2D eigenvalue weighted by molar-refractivity contribution is 9.10. The van der Waals surface area contributed by atoms with E-state index in [4.69, 9.17) is 4.74 Å². The molecule has 0 aliphatic heterocycles. The molecule has 0 atom stereocenters. The molecule has 0 saturated carbocycles. The fourth-order valence-electron chi connectivity index (χ4n) is 1.03. The van der Waals surface area contributed by atoms with Gasteiger partial charge < -0.3 is 4.74 Å². The third-order valence-electron chi connectivity index (χ3n) is 1.60. The molecule has 0 N–H and O–H groups in total. The SMILES string of the molecule is CC(C)(C)OC(=O)CCSc1ncncc1Br. The van der Waals surface area contributed by atoms with E-state index in [0.717, 1.165) is 9.50 Å². The van der Waals surface area contributed by atoms with E-state index in [9.17, 15) is 4.79 Å². The van der Waals surface area contributed by atoms with E-state index in [0.29, 0.717) is 12.2 Å². The largest absolute Gasteiger partial charge is 0.460 e. The van der Waals surface area contributed by atoms with Crippen molar-refractivity contribution in [3.63, 3.8) is 0 Å². The van der Waals surface area contributed by atoms with Crippen LogP contribution < -0.4 is 0 Å². The van der Waals surface area contributed by atoms with Gasteiger partial charge in [-0.05, 0) is 36.7 Å². The molecular weight excluding hydrogens is 304 g/mol. The van der Waals surface area contributed by atoms with Crippen molar-refractivity contribution in [1.82, 2.24) is 9.97 Å². The summed E-state index contributed by atoms with van der Waals surface area (Å²) in [6.45, 7) is 5.58. The van der Waals surface area contributed by atoms with Crippen LogP contribution in [0.4, 0.5) is 0 Å². The Labute approximate surface area is 114 Å². The van der Waals surface area contributed by atoms with E-state index < -0.39 is 5.60 Å². The normalized spacial score (nSPS) is 11.3. The third-order valence-corrected chi connectivity index (χ3v) is 3.45. The minimum atomic E-state index is -0.419. The first kappa shape index (κ1) is 14.4. The summed E-state index contributed by atoms with van der Waals surface area (Å²) in [5.41, 5.74) is -0.419. The van der Waals surface area contributed by atoms with Crippen LogP contribution in [0.15, 0.2) is 22.0 Å². The Morgan fingerprint density at radius 1 is 1.53 bits per heavy atom. The molecule has 6 heteroatoms. The van der Waals surface area contributed by atoms with Gasteiger partial charge in [0.15, 0.2) is 0 Å². The third kappa shape index (κ3) is 6.02. The van der Waals surface area contributed by atoms with Crippen molar-refractivity contribution in [2.24, 2.45) is 0 Å². The van der Waals surface area contributed by atoms with Crippen molar-refractivity contribution < 1.29 is 9.53 Å². The highest BCUT2D eigenvalue weighted by atomic mass is 79.9. The van der Waals surface area contributed by atoms with Crippen molar-refractivity contribution in [3.05, 3.63) is 17.0 Å². The molecule has 0 bridgehead atoms. The molecule has 0 saturated heterocycles. The molecule has 0 radical (unpaired) electrons. The quantitative estimate of drug-likeness (QED) is 0.485. The molecule has 17 heavy (non-hydrogen) atoms. The van der Waals surface area contributed by atoms with Gasteiger partial charge in [0, 0.05) is 11.9 Å². The lowest BCUT2D eigenvalue weighted by Gasteiger charge is -2.19. The molecule has 0 aromatic carbocycles. The summed E-state index contributed by atoms with van der Waals surface area (Å²) in [5, 5.41) is 0.837. The van der Waals surface area contributed by atoms with E-state index >= 15 is 0 Å². The smallest absolute Gasteiger partial charge is 0.307 e. The van der Waals surface area contributed by atoms with E-state index in [2.05, 4.69) is 25.9 Å². The van der Waals surface area contributed by atoms with Gasteiger partial charge >= 0.3 is 5.97 Å². The summed E-state index contributed by atoms with van der Waals surface area (Å²) in [6, 6.07) is 0. The predicted molar refractivity (Wildman–Crippen MR) is 70.9 cm³/mol. The van der Waals surface area contributed by atoms with E-state index in [1.54, 1.807) is 6.20 Å². The molecule has 94 valence electrons. The fourth-order valence-corrected chi connectivity index (χ4v) is 2.37. The average molecular weight is 319 g/mol. The standard InChI is InChI=1S/C11H15BrN2O2S/c1-11(2,3)16-9(15)4-5-17-10-8(12)6-13-7-14-10/h6-7H,4-5H2,1-3H3. The molecule has 0 spiro atoms. The Kier molecular flexibility index (Phi) is 5.39. The number of hydrogen-bond donors (Lipinski definition) is 0. The van der Waals surface area contributed by atoms with Gasteiger partial charge in [0.25, 0.3) is 0 Å². The number of esters is 1. The first-order valence-corrected chi connectivity index (χ1v) is 6.96. The fraction of sp³-hybridized carbons (Fsp3) is 0.545. The molecular formula is C11H15BrN2O2S. The lowest BCUT2D eigenvalue weighted by atomic mass is 10.2. The monoisotopic (exact) mass is 318 g/mol. The van der Waals surface area contributed by atoms with Crippen molar-refractivity contribution in [2.45, 2.75) is 37.8 Å². The topological polar surface area (TPSA) is 52.1 Å². The number of thioether (sulfide) groups is 1. The van der Waals surface area contributed by atoms with Crippen LogP contribution in [0.2, 0.25) is 0 Å². The zero-order valence-electron chi connectivity index (χ0n) is 10.1. The number of halogens is 1. The molecule has 0 aliphatic carbocycles. The number of carbonyl (C=O) groups excluding carboxylic acids is 1. The van der Waals surface area contributed by atoms with Crippen molar-refractivity contribution in [2.75, 3.05) is 5.75 Å². The zero-order chi connectivity index (χ0) is 12.9. The summed E-state index contributed by atoms with van der Waals surface area (Å²) in [7, 11) is 0. The zero-order valence-corrected chi connectivity index (χ0v) is 12.5.